The quantitative estimate of drug-likeness (QED) is 0.279. The van der Waals surface area contributed by atoms with Crippen molar-refractivity contribution < 1.29 is 15.0 Å². The van der Waals surface area contributed by atoms with Gasteiger partial charge in [0, 0.05) is 37.4 Å². The number of carbonyl (C=O) groups is 1. The second-order valence-electron chi connectivity index (χ2n) is 9.42. The van der Waals surface area contributed by atoms with Crippen molar-refractivity contribution in [2.45, 2.75) is 50.5 Å². The fourth-order valence-electron chi connectivity index (χ4n) is 5.35. The summed E-state index contributed by atoms with van der Waals surface area (Å²) in [6.07, 6.45) is 7.07. The van der Waals surface area contributed by atoms with Crippen LogP contribution in [0.2, 0.25) is 5.02 Å². The smallest absolute Gasteiger partial charge is 0.229 e. The number of amides is 1. The first-order valence-corrected chi connectivity index (χ1v) is 12.5. The average molecular weight is 519 g/mol. The summed E-state index contributed by atoms with van der Waals surface area (Å²) < 4.78 is 1.74. The molecule has 10 heteroatoms. The number of imidazole rings is 1. The van der Waals surface area contributed by atoms with Crippen molar-refractivity contribution in [3.63, 3.8) is 0 Å². The molecule has 2 aliphatic carbocycles. The first-order valence-electron chi connectivity index (χ1n) is 12.1. The van der Waals surface area contributed by atoms with E-state index >= 15 is 0 Å². The van der Waals surface area contributed by atoms with E-state index in [0.29, 0.717) is 53.6 Å². The summed E-state index contributed by atoms with van der Waals surface area (Å²) in [4.78, 5) is 26.4. The van der Waals surface area contributed by atoms with Crippen molar-refractivity contribution in [2.24, 2.45) is 11.3 Å². The molecule has 0 bridgehead atoms. The summed E-state index contributed by atoms with van der Waals surface area (Å²) in [6, 6.07) is 6.92. The van der Waals surface area contributed by atoms with Crippen molar-refractivity contribution in [3.05, 3.63) is 47.0 Å². The fraction of sp³-hybridized carbons (Fsp3) is 0.407. The third-order valence-corrected chi connectivity index (χ3v) is 7.47. The van der Waals surface area contributed by atoms with E-state index in [1.165, 1.54) is 7.05 Å². The Kier molecular flexibility index (Phi) is 6.78. The number of aliphatic hydroxyl groups is 2. The number of anilines is 1. The summed E-state index contributed by atoms with van der Waals surface area (Å²) in [7, 11) is 1.53. The van der Waals surface area contributed by atoms with Gasteiger partial charge in [0.1, 0.15) is 6.10 Å². The van der Waals surface area contributed by atoms with E-state index < -0.39 is 23.7 Å². The molecule has 190 valence electrons. The Hall–Kier alpha value is -3.63. The van der Waals surface area contributed by atoms with E-state index in [1.807, 2.05) is 24.3 Å². The number of aromatic nitrogens is 4. The SMILES string of the molecule is C#CCCCC#Cc1nc(NCc2cccc(Cl)c2)c2ncn([C@@H]3[C@H](O)[C@H](O)[C@]4(C(=O)NC)C[C@H]34)c2n1. The molecule has 9 nitrogen and oxygen atoms in total. The molecular weight excluding hydrogens is 492 g/mol. The zero-order chi connectivity index (χ0) is 26.2. The van der Waals surface area contributed by atoms with Gasteiger partial charge in [0.15, 0.2) is 17.0 Å². The predicted molar refractivity (Wildman–Crippen MR) is 139 cm³/mol. The molecule has 0 spiro atoms. The van der Waals surface area contributed by atoms with E-state index in [0.717, 1.165) is 12.0 Å². The zero-order valence-corrected chi connectivity index (χ0v) is 21.0. The van der Waals surface area contributed by atoms with Crippen molar-refractivity contribution in [2.75, 3.05) is 12.4 Å². The fourth-order valence-corrected chi connectivity index (χ4v) is 5.57. The van der Waals surface area contributed by atoms with E-state index in [4.69, 9.17) is 18.0 Å². The third-order valence-electron chi connectivity index (χ3n) is 7.24. The molecule has 0 aliphatic heterocycles. The largest absolute Gasteiger partial charge is 0.389 e. The lowest BCUT2D eigenvalue weighted by Gasteiger charge is -2.23. The number of carbonyl (C=O) groups excluding carboxylic acids is 1. The molecule has 4 N–H and O–H groups in total. The summed E-state index contributed by atoms with van der Waals surface area (Å²) in [5.74, 6) is 8.94. The molecule has 2 aromatic heterocycles. The van der Waals surface area contributed by atoms with E-state index in [1.54, 1.807) is 10.9 Å². The van der Waals surface area contributed by atoms with E-state index in [2.05, 4.69) is 43.3 Å². The minimum atomic E-state index is -1.18. The number of terminal acetylenes is 1. The van der Waals surface area contributed by atoms with Crippen LogP contribution in [0.4, 0.5) is 5.82 Å². The highest BCUT2D eigenvalue weighted by atomic mass is 35.5. The monoisotopic (exact) mass is 518 g/mol. The van der Waals surface area contributed by atoms with Crippen LogP contribution >= 0.6 is 11.6 Å². The van der Waals surface area contributed by atoms with Gasteiger partial charge in [0.2, 0.25) is 11.7 Å². The van der Waals surface area contributed by atoms with Gasteiger partial charge < -0.3 is 25.4 Å². The number of aliphatic hydroxyl groups excluding tert-OH is 2. The van der Waals surface area contributed by atoms with Gasteiger partial charge in [-0.25, -0.2) is 15.0 Å². The van der Waals surface area contributed by atoms with Gasteiger partial charge in [-0.1, -0.05) is 29.7 Å². The van der Waals surface area contributed by atoms with Crippen LogP contribution in [0.25, 0.3) is 11.2 Å². The second kappa shape index (κ2) is 10.0. The highest BCUT2D eigenvalue weighted by molar-refractivity contribution is 6.30. The Labute approximate surface area is 219 Å². The van der Waals surface area contributed by atoms with Crippen LogP contribution in [0.15, 0.2) is 30.6 Å². The van der Waals surface area contributed by atoms with Gasteiger partial charge in [0.05, 0.1) is 23.9 Å². The van der Waals surface area contributed by atoms with Gasteiger partial charge in [-0.05, 0) is 36.5 Å². The maximum absolute atomic E-state index is 12.6. The highest BCUT2D eigenvalue weighted by Gasteiger charge is 2.75. The second-order valence-corrected chi connectivity index (χ2v) is 9.86. The van der Waals surface area contributed by atoms with Crippen LogP contribution in [0.5, 0.6) is 0 Å². The maximum atomic E-state index is 12.6. The molecule has 1 amide bonds. The highest BCUT2D eigenvalue weighted by Crippen LogP contribution is 2.67. The number of benzene rings is 1. The Morgan fingerprint density at radius 1 is 1.32 bits per heavy atom. The molecule has 2 heterocycles. The van der Waals surface area contributed by atoms with Crippen LogP contribution < -0.4 is 10.6 Å². The zero-order valence-electron chi connectivity index (χ0n) is 20.3. The van der Waals surface area contributed by atoms with E-state index in [9.17, 15) is 15.0 Å². The van der Waals surface area contributed by atoms with Crippen molar-refractivity contribution in [3.8, 4) is 24.2 Å². The van der Waals surface area contributed by atoms with Gasteiger partial charge in [-0.15, -0.1) is 12.3 Å². The van der Waals surface area contributed by atoms with Crippen LogP contribution in [0.3, 0.4) is 0 Å². The minimum absolute atomic E-state index is 0.244. The van der Waals surface area contributed by atoms with Gasteiger partial charge in [-0.2, -0.15) is 0 Å². The number of hydrogen-bond acceptors (Lipinski definition) is 7. The molecule has 2 aliphatic rings. The molecule has 37 heavy (non-hydrogen) atoms. The maximum Gasteiger partial charge on any atom is 0.229 e. The molecule has 1 aromatic carbocycles. The van der Waals surface area contributed by atoms with E-state index in [-0.39, 0.29) is 11.8 Å². The molecule has 5 atom stereocenters. The Balaban J connectivity index is 1.51. The average Bonchev–Trinajstić information content (AvgIpc) is 3.43. The Morgan fingerprint density at radius 2 is 2.16 bits per heavy atom. The molecule has 2 fully saturated rings. The Bertz CT molecular complexity index is 1450. The van der Waals surface area contributed by atoms with Gasteiger partial charge in [-0.3, -0.25) is 4.79 Å². The lowest BCUT2D eigenvalue weighted by atomic mass is 9.98. The lowest BCUT2D eigenvalue weighted by molar-refractivity contribution is -0.132. The molecular formula is C27H27ClN6O3. The summed E-state index contributed by atoms with van der Waals surface area (Å²) in [5.41, 5.74) is 0.922. The van der Waals surface area contributed by atoms with Crippen LogP contribution in [-0.4, -0.2) is 54.9 Å². The topological polar surface area (TPSA) is 125 Å². The van der Waals surface area contributed by atoms with Crippen LogP contribution in [0, 0.1) is 35.5 Å². The molecule has 2 saturated carbocycles. The third kappa shape index (κ3) is 4.40. The molecule has 5 rings (SSSR count). The summed E-state index contributed by atoms with van der Waals surface area (Å²) >= 11 is 6.13. The van der Waals surface area contributed by atoms with Crippen molar-refractivity contribution in [1.29, 1.82) is 0 Å². The van der Waals surface area contributed by atoms with Crippen molar-refractivity contribution >= 4 is 34.5 Å². The first kappa shape index (κ1) is 25.0. The standard InChI is InChI=1S/C27H27ClN6O3/c1-3-4-5-6-7-11-19-32-24(30-14-16-9-8-10-17(28)12-16)20-25(33-19)34(15-31-20)21-18-13-27(18,26(37)29-2)23(36)22(21)35/h1,8-10,12,15,18,21-23,35-36H,4-6,13-14H2,2H3,(H,29,37)(H,30,32,33)/t18-,21+,22+,23+,27+/m1/s1. The molecule has 0 saturated heterocycles. The van der Waals surface area contributed by atoms with Crippen LogP contribution in [0.1, 0.15) is 43.1 Å². The minimum Gasteiger partial charge on any atom is -0.389 e. The van der Waals surface area contributed by atoms with Gasteiger partial charge >= 0.3 is 0 Å². The molecule has 0 unspecified atom stereocenters. The number of rotatable bonds is 7. The summed E-state index contributed by atoms with van der Waals surface area (Å²) in [6.45, 7) is 0.446. The number of unbranched alkanes of at least 4 members (excludes halogenated alkanes) is 2. The van der Waals surface area contributed by atoms with Gasteiger partial charge in [0.25, 0.3) is 0 Å². The number of halogens is 1. The summed E-state index contributed by atoms with van der Waals surface area (Å²) in [5, 5.41) is 28.3. The number of nitrogens with zero attached hydrogens (tertiary/aromatic N) is 4. The normalized spacial score (nSPS) is 25.6. The number of nitrogens with one attached hydrogen (secondary N) is 2. The first-order chi connectivity index (χ1) is 17.9. The molecule has 0 radical (unpaired) electrons. The van der Waals surface area contributed by atoms with Crippen LogP contribution in [-0.2, 0) is 11.3 Å². The molecule has 3 aromatic rings. The predicted octanol–water partition coefficient (Wildman–Crippen LogP) is 2.28. The Morgan fingerprint density at radius 3 is 2.92 bits per heavy atom. The number of hydrogen-bond donors (Lipinski definition) is 4. The van der Waals surface area contributed by atoms with Crippen molar-refractivity contribution in [1.82, 2.24) is 24.8 Å². The lowest BCUT2D eigenvalue weighted by Crippen LogP contribution is -2.41. The number of fused-ring (bicyclic) bond motifs is 2.